The summed E-state index contributed by atoms with van der Waals surface area (Å²) in [6, 6.07) is 8.65. The second-order valence-electron chi connectivity index (χ2n) is 7.30. The van der Waals surface area contributed by atoms with E-state index in [0.29, 0.717) is 5.02 Å². The third kappa shape index (κ3) is 5.00. The van der Waals surface area contributed by atoms with E-state index in [2.05, 4.69) is 25.9 Å². The zero-order chi connectivity index (χ0) is 24.6. The van der Waals surface area contributed by atoms with Gasteiger partial charge in [0.25, 0.3) is 5.56 Å². The number of amides is 2. The highest BCUT2D eigenvalue weighted by atomic mass is 35.5. The van der Waals surface area contributed by atoms with Crippen LogP contribution in [0, 0.1) is 0 Å². The van der Waals surface area contributed by atoms with Crippen molar-refractivity contribution in [3.05, 3.63) is 74.0 Å². The van der Waals surface area contributed by atoms with Gasteiger partial charge in [0.1, 0.15) is 5.82 Å². The van der Waals surface area contributed by atoms with Gasteiger partial charge >= 0.3 is 6.18 Å². The van der Waals surface area contributed by atoms with Crippen molar-refractivity contribution < 1.29 is 22.8 Å². The first-order chi connectivity index (χ1) is 16.0. The lowest BCUT2D eigenvalue weighted by atomic mass is 9.92. The standard InChI is InChI=1S/C21H14Cl2F3N5O3/c22-10-4-5-14(13(23)7-10)28-18(33)12-8-15(32)29-17-16(12)19(34)31-20(30-17)27-11-3-1-2-9(6-11)21(24,25)26/h1-7,12H,8H2,(H,28,33)(H3,27,29,30,31,32,34)/t12-/m0/s1. The van der Waals surface area contributed by atoms with Crippen molar-refractivity contribution in [2.75, 3.05) is 16.0 Å². The first-order valence-electron chi connectivity index (χ1n) is 9.65. The van der Waals surface area contributed by atoms with Crippen molar-refractivity contribution in [1.82, 2.24) is 9.97 Å². The Morgan fingerprint density at radius 1 is 1.12 bits per heavy atom. The number of nitrogens with zero attached hydrogens (tertiary/aromatic N) is 1. The Kier molecular flexibility index (Phi) is 6.24. The Morgan fingerprint density at radius 3 is 2.59 bits per heavy atom. The molecule has 13 heteroatoms. The number of carbonyl (C=O) groups is 2. The topological polar surface area (TPSA) is 116 Å². The fourth-order valence-corrected chi connectivity index (χ4v) is 3.83. The molecule has 2 heterocycles. The summed E-state index contributed by atoms with van der Waals surface area (Å²) < 4.78 is 38.9. The number of hydrogen-bond acceptors (Lipinski definition) is 5. The molecule has 4 rings (SSSR count). The van der Waals surface area contributed by atoms with Crippen LogP contribution in [0.3, 0.4) is 0 Å². The van der Waals surface area contributed by atoms with Gasteiger partial charge in [-0.15, -0.1) is 0 Å². The number of fused-ring (bicyclic) bond motifs is 1. The van der Waals surface area contributed by atoms with Gasteiger partial charge in [-0.05, 0) is 36.4 Å². The number of anilines is 4. The van der Waals surface area contributed by atoms with Crippen molar-refractivity contribution in [2.45, 2.75) is 18.5 Å². The monoisotopic (exact) mass is 511 g/mol. The molecule has 1 aliphatic heterocycles. The molecule has 34 heavy (non-hydrogen) atoms. The molecule has 4 N–H and O–H groups in total. The predicted octanol–water partition coefficient (Wildman–Crippen LogP) is 4.90. The molecule has 0 saturated heterocycles. The molecule has 2 amide bonds. The van der Waals surface area contributed by atoms with E-state index in [1.165, 1.54) is 30.3 Å². The maximum absolute atomic E-state index is 13.0. The first kappa shape index (κ1) is 23.6. The lowest BCUT2D eigenvalue weighted by Gasteiger charge is -2.24. The van der Waals surface area contributed by atoms with Gasteiger partial charge in [0.15, 0.2) is 0 Å². The second-order valence-corrected chi connectivity index (χ2v) is 8.14. The smallest absolute Gasteiger partial charge is 0.326 e. The maximum Gasteiger partial charge on any atom is 0.416 e. The molecule has 8 nitrogen and oxygen atoms in total. The van der Waals surface area contributed by atoms with Crippen LogP contribution in [0.5, 0.6) is 0 Å². The molecule has 3 aromatic rings. The summed E-state index contributed by atoms with van der Waals surface area (Å²) in [6.07, 6.45) is -4.88. The summed E-state index contributed by atoms with van der Waals surface area (Å²) in [5, 5.41) is 8.06. The molecule has 0 radical (unpaired) electrons. The summed E-state index contributed by atoms with van der Waals surface area (Å²) in [6.45, 7) is 0. The number of carbonyl (C=O) groups excluding carboxylic acids is 2. The van der Waals surface area contributed by atoms with Gasteiger partial charge < -0.3 is 16.0 Å². The van der Waals surface area contributed by atoms with E-state index in [1.54, 1.807) is 0 Å². The molecule has 0 bridgehead atoms. The van der Waals surface area contributed by atoms with Crippen LogP contribution in [0.2, 0.25) is 10.0 Å². The molecule has 1 aliphatic rings. The molecule has 0 aliphatic carbocycles. The molecule has 0 saturated carbocycles. The number of nitrogens with one attached hydrogen (secondary N) is 4. The van der Waals surface area contributed by atoms with Crippen molar-refractivity contribution in [1.29, 1.82) is 0 Å². The predicted molar refractivity (Wildman–Crippen MR) is 121 cm³/mol. The van der Waals surface area contributed by atoms with E-state index >= 15 is 0 Å². The molecule has 1 aromatic heterocycles. The van der Waals surface area contributed by atoms with Crippen LogP contribution in [-0.2, 0) is 15.8 Å². The molecule has 0 spiro atoms. The SMILES string of the molecule is O=C1C[C@H](C(=O)Nc2ccc(Cl)cc2Cl)c2c(nc(Nc3cccc(C(F)(F)F)c3)[nH]c2=O)N1. The summed E-state index contributed by atoms with van der Waals surface area (Å²) in [5.74, 6) is -2.83. The zero-order valence-corrected chi connectivity index (χ0v) is 18.4. The van der Waals surface area contributed by atoms with E-state index in [-0.39, 0.29) is 40.1 Å². The van der Waals surface area contributed by atoms with Crippen LogP contribution >= 0.6 is 23.2 Å². The molecule has 2 aromatic carbocycles. The first-order valence-corrected chi connectivity index (χ1v) is 10.4. The highest BCUT2D eigenvalue weighted by Crippen LogP contribution is 2.33. The Bertz CT molecular complexity index is 1360. The summed E-state index contributed by atoms with van der Waals surface area (Å²) in [5.41, 5.74) is -1.51. The van der Waals surface area contributed by atoms with E-state index in [9.17, 15) is 27.6 Å². The number of rotatable bonds is 4. The van der Waals surface area contributed by atoms with Crippen molar-refractivity contribution in [2.24, 2.45) is 0 Å². The quantitative estimate of drug-likeness (QED) is 0.397. The lowest BCUT2D eigenvalue weighted by Crippen LogP contribution is -2.36. The van der Waals surface area contributed by atoms with Crippen LogP contribution in [-0.4, -0.2) is 21.8 Å². The number of benzene rings is 2. The fourth-order valence-electron chi connectivity index (χ4n) is 3.38. The van der Waals surface area contributed by atoms with Gasteiger partial charge in [-0.3, -0.25) is 19.4 Å². The van der Waals surface area contributed by atoms with Gasteiger partial charge in [-0.25, -0.2) is 0 Å². The van der Waals surface area contributed by atoms with Gasteiger partial charge in [-0.2, -0.15) is 18.2 Å². The van der Waals surface area contributed by atoms with E-state index in [4.69, 9.17) is 23.2 Å². The number of aromatic nitrogens is 2. The highest BCUT2D eigenvalue weighted by molar-refractivity contribution is 6.36. The number of halogens is 5. The Hall–Kier alpha value is -3.57. The number of hydrogen-bond donors (Lipinski definition) is 4. The van der Waals surface area contributed by atoms with Gasteiger partial charge in [-0.1, -0.05) is 29.3 Å². The van der Waals surface area contributed by atoms with E-state index in [1.807, 2.05) is 0 Å². The van der Waals surface area contributed by atoms with Crippen LogP contribution < -0.4 is 21.5 Å². The van der Waals surface area contributed by atoms with Crippen molar-refractivity contribution >= 4 is 58.2 Å². The minimum Gasteiger partial charge on any atom is -0.326 e. The van der Waals surface area contributed by atoms with Crippen LogP contribution in [0.4, 0.5) is 36.3 Å². The minimum absolute atomic E-state index is 0.00624. The molecule has 0 fully saturated rings. The normalized spacial score (nSPS) is 15.3. The largest absolute Gasteiger partial charge is 0.416 e. The third-order valence-corrected chi connectivity index (χ3v) is 5.46. The maximum atomic E-state index is 13.0. The Morgan fingerprint density at radius 2 is 1.88 bits per heavy atom. The van der Waals surface area contributed by atoms with Crippen LogP contribution in [0.15, 0.2) is 47.3 Å². The second kappa shape index (κ2) is 8.99. The molecular weight excluding hydrogens is 498 g/mol. The molecule has 0 unspecified atom stereocenters. The minimum atomic E-state index is -4.56. The van der Waals surface area contributed by atoms with Crippen molar-refractivity contribution in [3.8, 4) is 0 Å². The average Bonchev–Trinajstić information content (AvgIpc) is 2.74. The van der Waals surface area contributed by atoms with Crippen LogP contribution in [0.1, 0.15) is 23.5 Å². The van der Waals surface area contributed by atoms with Crippen LogP contribution in [0.25, 0.3) is 0 Å². The van der Waals surface area contributed by atoms with Gasteiger partial charge in [0.05, 0.1) is 27.8 Å². The van der Waals surface area contributed by atoms with E-state index in [0.717, 1.165) is 12.1 Å². The lowest BCUT2D eigenvalue weighted by molar-refractivity contribution is -0.137. The van der Waals surface area contributed by atoms with Gasteiger partial charge in [0.2, 0.25) is 17.8 Å². The number of H-pyrrole nitrogens is 1. The number of alkyl halides is 3. The summed E-state index contributed by atoms with van der Waals surface area (Å²) >= 11 is 11.9. The van der Waals surface area contributed by atoms with E-state index < -0.39 is 35.0 Å². The average molecular weight is 512 g/mol. The third-order valence-electron chi connectivity index (χ3n) is 4.91. The number of aromatic amines is 1. The Labute approximate surface area is 199 Å². The molecular formula is C21H14Cl2F3N5O3. The van der Waals surface area contributed by atoms with Gasteiger partial charge in [0, 0.05) is 17.1 Å². The summed E-state index contributed by atoms with van der Waals surface area (Å²) in [4.78, 5) is 44.4. The highest BCUT2D eigenvalue weighted by Gasteiger charge is 2.35. The fraction of sp³-hybridized carbons (Fsp3) is 0.143. The summed E-state index contributed by atoms with van der Waals surface area (Å²) in [7, 11) is 0. The zero-order valence-electron chi connectivity index (χ0n) is 16.9. The molecule has 1 atom stereocenters. The molecule has 176 valence electrons. The Balaban J connectivity index is 1.63. The van der Waals surface area contributed by atoms with Crippen molar-refractivity contribution in [3.63, 3.8) is 0 Å².